The van der Waals surface area contributed by atoms with Crippen LogP contribution in [-0.4, -0.2) is 12.1 Å². The van der Waals surface area contributed by atoms with Crippen molar-refractivity contribution in [2.45, 2.75) is 32.4 Å². The van der Waals surface area contributed by atoms with E-state index in [4.69, 9.17) is 6.42 Å². The topological polar surface area (TPSA) is 12.0 Å². The van der Waals surface area contributed by atoms with Crippen molar-refractivity contribution < 1.29 is 0 Å². The summed E-state index contributed by atoms with van der Waals surface area (Å²) in [6, 6.07) is 0.494. The van der Waals surface area contributed by atoms with Crippen molar-refractivity contribution in [2.24, 2.45) is 0 Å². The molecular formula is C9H15N. The molecule has 0 saturated carbocycles. The second-order valence-electron chi connectivity index (χ2n) is 2.32. The molecule has 0 saturated heterocycles. The summed E-state index contributed by atoms with van der Waals surface area (Å²) in [7, 11) is 0. The number of terminal acetylenes is 1. The molecule has 0 aromatic carbocycles. The van der Waals surface area contributed by atoms with Crippen LogP contribution in [0.1, 0.15) is 20.3 Å². The summed E-state index contributed by atoms with van der Waals surface area (Å²) < 4.78 is 0. The Labute approximate surface area is 63.5 Å². The first-order valence-corrected chi connectivity index (χ1v) is 3.59. The van der Waals surface area contributed by atoms with E-state index in [-0.39, 0.29) is 6.04 Å². The Morgan fingerprint density at radius 3 is 2.70 bits per heavy atom. The first-order chi connectivity index (χ1) is 4.74. The lowest BCUT2D eigenvalue weighted by Gasteiger charge is -2.13. The molecule has 0 rings (SSSR count). The Hall–Kier alpha value is -0.740. The number of hydrogen-bond donors (Lipinski definition) is 1. The number of rotatable bonds is 4. The highest BCUT2D eigenvalue weighted by Crippen LogP contribution is 1.91. The minimum absolute atomic E-state index is 0.188. The largest absolute Gasteiger partial charge is 0.298 e. The standard InChI is InChI=1S/C9H15N/c1-5-8(4)10-9(6-2)7-3/h2,5,8-10H,1,7H2,3-4H3. The second kappa shape index (κ2) is 5.08. The Bertz CT molecular complexity index is 132. The van der Waals surface area contributed by atoms with Gasteiger partial charge < -0.3 is 0 Å². The zero-order valence-electron chi connectivity index (χ0n) is 6.72. The Morgan fingerprint density at radius 2 is 2.40 bits per heavy atom. The van der Waals surface area contributed by atoms with E-state index < -0.39 is 0 Å². The normalized spacial score (nSPS) is 15.3. The van der Waals surface area contributed by atoms with Gasteiger partial charge in [0.05, 0.1) is 6.04 Å². The first kappa shape index (κ1) is 9.26. The molecule has 0 fully saturated rings. The highest BCUT2D eigenvalue weighted by Gasteiger charge is 2.02. The lowest BCUT2D eigenvalue weighted by atomic mass is 10.2. The van der Waals surface area contributed by atoms with Crippen molar-refractivity contribution in [1.29, 1.82) is 0 Å². The molecule has 2 unspecified atom stereocenters. The van der Waals surface area contributed by atoms with E-state index in [9.17, 15) is 0 Å². The van der Waals surface area contributed by atoms with Crippen LogP contribution < -0.4 is 5.32 Å². The maximum absolute atomic E-state index is 5.24. The Morgan fingerprint density at radius 1 is 1.80 bits per heavy atom. The highest BCUT2D eigenvalue weighted by molar-refractivity contribution is 5.00. The molecule has 1 heteroatoms. The average molecular weight is 137 g/mol. The molecule has 0 aliphatic carbocycles. The molecule has 0 aromatic rings. The van der Waals surface area contributed by atoms with Gasteiger partial charge in [-0.2, -0.15) is 0 Å². The average Bonchev–Trinajstić information content (AvgIpc) is 1.99. The van der Waals surface area contributed by atoms with Gasteiger partial charge in [0.15, 0.2) is 0 Å². The van der Waals surface area contributed by atoms with Gasteiger partial charge in [-0.15, -0.1) is 13.0 Å². The quantitative estimate of drug-likeness (QED) is 0.458. The van der Waals surface area contributed by atoms with Gasteiger partial charge in [-0.05, 0) is 13.3 Å². The summed E-state index contributed by atoms with van der Waals surface area (Å²) in [5.41, 5.74) is 0. The summed E-state index contributed by atoms with van der Waals surface area (Å²) in [6.45, 7) is 7.75. The van der Waals surface area contributed by atoms with Crippen molar-refractivity contribution in [3.05, 3.63) is 12.7 Å². The van der Waals surface area contributed by atoms with E-state index in [0.29, 0.717) is 6.04 Å². The fraction of sp³-hybridized carbons (Fsp3) is 0.556. The predicted octanol–water partition coefficient (Wildman–Crippen LogP) is 1.56. The molecule has 0 bridgehead atoms. The third-order valence-electron chi connectivity index (χ3n) is 1.43. The molecule has 56 valence electrons. The summed E-state index contributed by atoms with van der Waals surface area (Å²) in [5.74, 6) is 2.66. The zero-order valence-corrected chi connectivity index (χ0v) is 6.72. The van der Waals surface area contributed by atoms with Crippen molar-refractivity contribution >= 4 is 0 Å². The lowest BCUT2D eigenvalue weighted by molar-refractivity contribution is 0.555. The third-order valence-corrected chi connectivity index (χ3v) is 1.43. The molecule has 2 atom stereocenters. The second-order valence-corrected chi connectivity index (χ2v) is 2.32. The van der Waals surface area contributed by atoms with E-state index in [1.54, 1.807) is 0 Å². The van der Waals surface area contributed by atoms with Gasteiger partial charge in [0.2, 0.25) is 0 Å². The van der Waals surface area contributed by atoms with Crippen LogP contribution in [-0.2, 0) is 0 Å². The van der Waals surface area contributed by atoms with Crippen LogP contribution in [0.2, 0.25) is 0 Å². The highest BCUT2D eigenvalue weighted by atomic mass is 14.9. The van der Waals surface area contributed by atoms with Gasteiger partial charge in [0.25, 0.3) is 0 Å². The minimum atomic E-state index is 0.188. The van der Waals surface area contributed by atoms with E-state index in [0.717, 1.165) is 6.42 Å². The molecule has 0 aliphatic rings. The van der Waals surface area contributed by atoms with Crippen LogP contribution in [0.4, 0.5) is 0 Å². The van der Waals surface area contributed by atoms with Crippen molar-refractivity contribution in [3.63, 3.8) is 0 Å². The van der Waals surface area contributed by atoms with Crippen LogP contribution in [0.3, 0.4) is 0 Å². The van der Waals surface area contributed by atoms with Crippen LogP contribution >= 0.6 is 0 Å². The maximum Gasteiger partial charge on any atom is 0.0688 e. The number of nitrogens with one attached hydrogen (secondary N) is 1. The van der Waals surface area contributed by atoms with E-state index >= 15 is 0 Å². The molecule has 0 radical (unpaired) electrons. The Balaban J connectivity index is 3.65. The van der Waals surface area contributed by atoms with Crippen LogP contribution in [0, 0.1) is 12.3 Å². The maximum atomic E-state index is 5.24. The molecule has 10 heavy (non-hydrogen) atoms. The van der Waals surface area contributed by atoms with Gasteiger partial charge in [0, 0.05) is 6.04 Å². The van der Waals surface area contributed by atoms with E-state index in [1.807, 2.05) is 13.0 Å². The summed E-state index contributed by atoms with van der Waals surface area (Å²) in [4.78, 5) is 0. The van der Waals surface area contributed by atoms with Gasteiger partial charge in [-0.25, -0.2) is 0 Å². The molecule has 0 spiro atoms. The molecule has 0 aromatic heterocycles. The van der Waals surface area contributed by atoms with Gasteiger partial charge in [0.1, 0.15) is 0 Å². The summed E-state index contributed by atoms with van der Waals surface area (Å²) in [5, 5.41) is 3.21. The fourth-order valence-corrected chi connectivity index (χ4v) is 0.669. The molecule has 0 aliphatic heterocycles. The molecule has 0 heterocycles. The number of hydrogen-bond acceptors (Lipinski definition) is 1. The molecule has 1 N–H and O–H groups in total. The van der Waals surface area contributed by atoms with Crippen LogP contribution in [0.25, 0.3) is 0 Å². The first-order valence-electron chi connectivity index (χ1n) is 3.59. The minimum Gasteiger partial charge on any atom is -0.298 e. The van der Waals surface area contributed by atoms with Gasteiger partial charge in [-0.1, -0.05) is 18.9 Å². The van der Waals surface area contributed by atoms with E-state index in [2.05, 4.69) is 24.7 Å². The van der Waals surface area contributed by atoms with Gasteiger partial charge in [-0.3, -0.25) is 5.32 Å². The molecule has 1 nitrogen and oxygen atoms in total. The van der Waals surface area contributed by atoms with Crippen LogP contribution in [0.5, 0.6) is 0 Å². The SMILES string of the molecule is C#CC(CC)NC(C)C=C. The fourth-order valence-electron chi connectivity index (χ4n) is 0.669. The molecule has 0 amide bonds. The molecular weight excluding hydrogens is 122 g/mol. The Kier molecular flexibility index (Phi) is 4.70. The monoisotopic (exact) mass is 137 g/mol. The van der Waals surface area contributed by atoms with E-state index in [1.165, 1.54) is 0 Å². The third kappa shape index (κ3) is 3.32. The summed E-state index contributed by atoms with van der Waals surface area (Å²) >= 11 is 0. The zero-order chi connectivity index (χ0) is 7.98. The van der Waals surface area contributed by atoms with Crippen molar-refractivity contribution in [3.8, 4) is 12.3 Å². The smallest absolute Gasteiger partial charge is 0.0688 e. The predicted molar refractivity (Wildman–Crippen MR) is 45.7 cm³/mol. The lowest BCUT2D eigenvalue weighted by Crippen LogP contribution is -2.33. The van der Waals surface area contributed by atoms with Crippen molar-refractivity contribution in [2.75, 3.05) is 0 Å². The van der Waals surface area contributed by atoms with Crippen LogP contribution in [0.15, 0.2) is 12.7 Å². The van der Waals surface area contributed by atoms with Crippen molar-refractivity contribution in [1.82, 2.24) is 5.32 Å². The summed E-state index contributed by atoms with van der Waals surface area (Å²) in [6.07, 6.45) is 8.05. The van der Waals surface area contributed by atoms with Gasteiger partial charge >= 0.3 is 0 Å².